The minimum Gasteiger partial charge on any atom is -0.370 e. The Balaban J connectivity index is 1.70. The van der Waals surface area contributed by atoms with E-state index in [9.17, 15) is 0 Å². The van der Waals surface area contributed by atoms with Gasteiger partial charge in [-0.1, -0.05) is 33.1 Å². The van der Waals surface area contributed by atoms with Gasteiger partial charge in [0, 0.05) is 6.04 Å². The second kappa shape index (κ2) is 5.74. The average molecular weight is 237 g/mol. The predicted octanol–water partition coefficient (Wildman–Crippen LogP) is 2.66. The molecule has 2 aliphatic carbocycles. The van der Waals surface area contributed by atoms with Gasteiger partial charge in [0.25, 0.3) is 0 Å². The van der Waals surface area contributed by atoms with Crippen LogP contribution in [0.1, 0.15) is 58.8 Å². The van der Waals surface area contributed by atoms with Gasteiger partial charge in [-0.2, -0.15) is 0 Å². The van der Waals surface area contributed by atoms with E-state index < -0.39 is 0 Å². The molecule has 3 nitrogen and oxygen atoms in total. The topological polar surface area (TPSA) is 50.4 Å². The number of aliphatic imine (C=N–C) groups is 1. The van der Waals surface area contributed by atoms with Crippen LogP contribution in [0.15, 0.2) is 4.99 Å². The van der Waals surface area contributed by atoms with Crippen molar-refractivity contribution in [3.63, 3.8) is 0 Å². The molecule has 2 fully saturated rings. The lowest BCUT2D eigenvalue weighted by Gasteiger charge is -2.23. The summed E-state index contributed by atoms with van der Waals surface area (Å²) in [6, 6.07) is 1.09. The first kappa shape index (κ1) is 12.7. The number of nitrogens with zero attached hydrogens (tertiary/aromatic N) is 1. The van der Waals surface area contributed by atoms with Gasteiger partial charge in [0.2, 0.25) is 0 Å². The highest BCUT2D eigenvalue weighted by Gasteiger charge is 2.37. The van der Waals surface area contributed by atoms with Gasteiger partial charge in [-0.15, -0.1) is 0 Å². The van der Waals surface area contributed by atoms with Crippen LogP contribution in [0.2, 0.25) is 0 Å². The Labute approximate surface area is 105 Å². The lowest BCUT2D eigenvalue weighted by molar-refractivity contribution is 0.412. The van der Waals surface area contributed by atoms with Crippen molar-refractivity contribution in [2.45, 2.75) is 70.9 Å². The Morgan fingerprint density at radius 1 is 1.29 bits per heavy atom. The SMILES string of the molecule is CC(C)C[C@@H]1C[C@H]1N=C(N)NC1CCCCC1. The van der Waals surface area contributed by atoms with Crippen LogP contribution in [-0.2, 0) is 0 Å². The molecule has 0 spiro atoms. The van der Waals surface area contributed by atoms with E-state index in [-0.39, 0.29) is 0 Å². The van der Waals surface area contributed by atoms with Crippen molar-refractivity contribution < 1.29 is 0 Å². The minimum absolute atomic E-state index is 0.508. The van der Waals surface area contributed by atoms with E-state index in [4.69, 9.17) is 5.73 Å². The van der Waals surface area contributed by atoms with Crippen molar-refractivity contribution in [2.75, 3.05) is 0 Å². The van der Waals surface area contributed by atoms with Gasteiger partial charge in [-0.25, -0.2) is 4.99 Å². The highest BCUT2D eigenvalue weighted by Crippen LogP contribution is 2.38. The van der Waals surface area contributed by atoms with Crippen molar-refractivity contribution in [2.24, 2.45) is 22.6 Å². The van der Waals surface area contributed by atoms with Crippen molar-refractivity contribution in [1.82, 2.24) is 5.32 Å². The van der Waals surface area contributed by atoms with E-state index in [1.165, 1.54) is 44.9 Å². The first-order valence-electron chi connectivity index (χ1n) is 7.25. The van der Waals surface area contributed by atoms with E-state index in [0.717, 1.165) is 11.8 Å². The summed E-state index contributed by atoms with van der Waals surface area (Å²) in [6.45, 7) is 4.56. The Hall–Kier alpha value is -0.730. The van der Waals surface area contributed by atoms with Crippen molar-refractivity contribution >= 4 is 5.96 Å². The third-order valence-electron chi connectivity index (χ3n) is 3.92. The summed E-state index contributed by atoms with van der Waals surface area (Å²) in [6.07, 6.45) is 9.12. The molecule has 0 bridgehead atoms. The normalized spacial score (nSPS) is 30.6. The maximum atomic E-state index is 5.98. The van der Waals surface area contributed by atoms with Gasteiger partial charge >= 0.3 is 0 Å². The second-order valence-corrected chi connectivity index (χ2v) is 6.19. The fraction of sp³-hybridized carbons (Fsp3) is 0.929. The van der Waals surface area contributed by atoms with Crippen LogP contribution in [0.3, 0.4) is 0 Å². The zero-order valence-electron chi connectivity index (χ0n) is 11.3. The van der Waals surface area contributed by atoms with Gasteiger partial charge in [-0.05, 0) is 37.5 Å². The Bertz CT molecular complexity index is 267. The standard InChI is InChI=1S/C14H27N3/c1-10(2)8-11-9-13(11)17-14(15)16-12-6-4-3-5-7-12/h10-13H,3-9H2,1-2H3,(H3,15,16,17)/t11-,13-/m1/s1. The molecule has 2 atom stereocenters. The summed E-state index contributed by atoms with van der Waals surface area (Å²) in [5.41, 5.74) is 5.98. The fourth-order valence-corrected chi connectivity index (χ4v) is 2.92. The van der Waals surface area contributed by atoms with Crippen LogP contribution in [0.25, 0.3) is 0 Å². The zero-order valence-corrected chi connectivity index (χ0v) is 11.3. The molecule has 0 heterocycles. The predicted molar refractivity (Wildman–Crippen MR) is 73.0 cm³/mol. The molecule has 2 rings (SSSR count). The van der Waals surface area contributed by atoms with Gasteiger partial charge in [0.1, 0.15) is 0 Å². The average Bonchev–Trinajstić information content (AvgIpc) is 2.96. The molecule has 0 radical (unpaired) electrons. The highest BCUT2D eigenvalue weighted by atomic mass is 15.1. The number of rotatable bonds is 4. The molecule has 0 aromatic heterocycles. The molecule has 0 amide bonds. The third kappa shape index (κ3) is 4.21. The van der Waals surface area contributed by atoms with Crippen molar-refractivity contribution in [3.05, 3.63) is 0 Å². The molecular formula is C14H27N3. The van der Waals surface area contributed by atoms with Crippen LogP contribution < -0.4 is 11.1 Å². The molecule has 0 unspecified atom stereocenters. The lowest BCUT2D eigenvalue weighted by Crippen LogP contribution is -2.41. The van der Waals surface area contributed by atoms with Crippen LogP contribution in [0.5, 0.6) is 0 Å². The molecule has 98 valence electrons. The van der Waals surface area contributed by atoms with Crippen LogP contribution in [0.4, 0.5) is 0 Å². The first-order valence-corrected chi connectivity index (χ1v) is 7.25. The van der Waals surface area contributed by atoms with Crippen molar-refractivity contribution in [3.8, 4) is 0 Å². The zero-order chi connectivity index (χ0) is 12.3. The minimum atomic E-state index is 0.508. The molecule has 3 N–H and O–H groups in total. The lowest BCUT2D eigenvalue weighted by atomic mass is 9.96. The summed E-state index contributed by atoms with van der Waals surface area (Å²) < 4.78 is 0. The van der Waals surface area contributed by atoms with E-state index in [1.807, 2.05) is 0 Å². The van der Waals surface area contributed by atoms with E-state index in [1.54, 1.807) is 0 Å². The summed E-state index contributed by atoms with van der Waals surface area (Å²) in [7, 11) is 0. The number of nitrogens with one attached hydrogen (secondary N) is 1. The molecule has 0 aliphatic heterocycles. The monoisotopic (exact) mass is 237 g/mol. The number of hydrogen-bond acceptors (Lipinski definition) is 1. The molecule has 3 heteroatoms. The third-order valence-corrected chi connectivity index (χ3v) is 3.92. The maximum absolute atomic E-state index is 5.98. The van der Waals surface area contributed by atoms with E-state index >= 15 is 0 Å². The van der Waals surface area contributed by atoms with Crippen molar-refractivity contribution in [1.29, 1.82) is 0 Å². The smallest absolute Gasteiger partial charge is 0.189 e. The summed E-state index contributed by atoms with van der Waals surface area (Å²) in [5, 5.41) is 3.39. The molecule has 0 saturated heterocycles. The van der Waals surface area contributed by atoms with Gasteiger partial charge in [0.05, 0.1) is 6.04 Å². The quantitative estimate of drug-likeness (QED) is 0.583. The number of guanidine groups is 1. The summed E-state index contributed by atoms with van der Waals surface area (Å²) in [4.78, 5) is 4.60. The Morgan fingerprint density at radius 2 is 2.00 bits per heavy atom. The molecular weight excluding hydrogens is 210 g/mol. The largest absolute Gasteiger partial charge is 0.370 e. The van der Waals surface area contributed by atoms with Gasteiger partial charge in [-0.3, -0.25) is 0 Å². The molecule has 2 aliphatic rings. The first-order chi connectivity index (χ1) is 8.15. The van der Waals surface area contributed by atoms with Gasteiger partial charge in [0.15, 0.2) is 5.96 Å². The second-order valence-electron chi connectivity index (χ2n) is 6.19. The number of nitrogens with two attached hydrogens (primary N) is 1. The van der Waals surface area contributed by atoms with E-state index in [0.29, 0.717) is 18.0 Å². The molecule has 0 aromatic rings. The Kier molecular flexibility index (Phi) is 4.30. The van der Waals surface area contributed by atoms with E-state index in [2.05, 4.69) is 24.2 Å². The molecule has 17 heavy (non-hydrogen) atoms. The van der Waals surface area contributed by atoms with Gasteiger partial charge < -0.3 is 11.1 Å². The summed E-state index contributed by atoms with van der Waals surface area (Å²) >= 11 is 0. The fourth-order valence-electron chi connectivity index (χ4n) is 2.92. The molecule has 0 aromatic carbocycles. The molecule has 2 saturated carbocycles. The van der Waals surface area contributed by atoms with Crippen LogP contribution in [-0.4, -0.2) is 18.0 Å². The maximum Gasteiger partial charge on any atom is 0.189 e. The van der Waals surface area contributed by atoms with Crippen LogP contribution >= 0.6 is 0 Å². The number of hydrogen-bond donors (Lipinski definition) is 2. The van der Waals surface area contributed by atoms with Crippen LogP contribution in [0, 0.1) is 11.8 Å². The Morgan fingerprint density at radius 3 is 2.65 bits per heavy atom. The highest BCUT2D eigenvalue weighted by molar-refractivity contribution is 5.78. The summed E-state index contributed by atoms with van der Waals surface area (Å²) in [5.74, 6) is 2.27.